The molecule has 0 atom stereocenters. The molecule has 0 N–H and O–H groups in total. The van der Waals surface area contributed by atoms with Crippen molar-refractivity contribution >= 4 is 18.0 Å². The zero-order valence-corrected chi connectivity index (χ0v) is 9.84. The second kappa shape index (κ2) is 5.67. The average Bonchev–Trinajstić information content (AvgIpc) is 2.84. The summed E-state index contributed by atoms with van der Waals surface area (Å²) in [5.74, 6) is 0. The third-order valence-corrected chi connectivity index (χ3v) is 2.37. The maximum atomic E-state index is 10.7. The van der Waals surface area contributed by atoms with Crippen LogP contribution in [0.2, 0.25) is 0 Å². The first-order valence-corrected chi connectivity index (χ1v) is 5.44. The third-order valence-electron chi connectivity index (χ3n) is 2.37. The minimum atomic E-state index is -0.441. The van der Waals surface area contributed by atoms with Crippen molar-refractivity contribution in [2.24, 2.45) is 0 Å². The monoisotopic (exact) mass is 258 g/mol. The highest BCUT2D eigenvalue weighted by Crippen LogP contribution is 2.13. The van der Waals surface area contributed by atoms with Gasteiger partial charge in [-0.25, -0.2) is 4.68 Å². The summed E-state index contributed by atoms with van der Waals surface area (Å²) in [6.45, 7) is 0.379. The lowest BCUT2D eigenvalue weighted by Crippen LogP contribution is -2.01. The Morgan fingerprint density at radius 3 is 3.00 bits per heavy atom. The quantitative estimate of drug-likeness (QED) is 0.350. The van der Waals surface area contributed by atoms with Crippen molar-refractivity contribution in [2.75, 3.05) is 0 Å². The highest BCUT2D eigenvalue weighted by molar-refractivity contribution is 5.72. The third kappa shape index (κ3) is 3.32. The summed E-state index contributed by atoms with van der Waals surface area (Å²) in [6.07, 6.45) is 5.16. The average molecular weight is 258 g/mol. The number of nitrogens with zero attached hydrogens (tertiary/aromatic N) is 4. The first-order chi connectivity index (χ1) is 9.19. The number of carbonyl (C=O) groups excluding carboxylic acids is 1. The normalized spacial score (nSPS) is 10.7. The van der Waals surface area contributed by atoms with Crippen LogP contribution in [0.4, 0.5) is 5.69 Å². The molecule has 0 saturated heterocycles. The summed E-state index contributed by atoms with van der Waals surface area (Å²) in [6, 6.07) is 6.32. The summed E-state index contributed by atoms with van der Waals surface area (Å²) in [4.78, 5) is 20.4. The number of hydrogen-bond donors (Lipinski definition) is 0. The molecule has 7 nitrogen and oxygen atoms in total. The van der Waals surface area contributed by atoms with E-state index in [2.05, 4.69) is 10.3 Å². The topological polar surface area (TPSA) is 90.9 Å². The van der Waals surface area contributed by atoms with E-state index < -0.39 is 4.92 Å². The molecule has 0 aliphatic heterocycles. The summed E-state index contributed by atoms with van der Waals surface area (Å²) in [7, 11) is 0. The van der Waals surface area contributed by atoms with E-state index in [9.17, 15) is 14.9 Å². The van der Waals surface area contributed by atoms with Crippen LogP contribution in [0.5, 0.6) is 0 Å². The van der Waals surface area contributed by atoms with E-state index in [0.29, 0.717) is 18.5 Å². The van der Waals surface area contributed by atoms with E-state index in [1.54, 1.807) is 23.0 Å². The fourth-order valence-corrected chi connectivity index (χ4v) is 1.56. The van der Waals surface area contributed by atoms with Gasteiger partial charge >= 0.3 is 0 Å². The van der Waals surface area contributed by atoms with Crippen LogP contribution >= 0.6 is 0 Å². The van der Waals surface area contributed by atoms with Crippen molar-refractivity contribution < 1.29 is 9.72 Å². The fraction of sp³-hybridized carbons (Fsp3) is 0.0833. The number of benzene rings is 1. The van der Waals surface area contributed by atoms with Gasteiger partial charge in [0.15, 0.2) is 0 Å². The lowest BCUT2D eigenvalue weighted by molar-refractivity contribution is -0.384. The molecular formula is C12H10N4O3. The summed E-state index contributed by atoms with van der Waals surface area (Å²) in [5.41, 5.74) is 1.35. The smallest absolute Gasteiger partial charge is 0.269 e. The van der Waals surface area contributed by atoms with Crippen LogP contribution in [-0.4, -0.2) is 26.2 Å². The van der Waals surface area contributed by atoms with Gasteiger partial charge in [-0.15, -0.1) is 5.10 Å². The minimum Gasteiger partial charge on any atom is -0.299 e. The maximum Gasteiger partial charge on any atom is 0.269 e. The number of hydrogen-bond acceptors (Lipinski definition) is 5. The van der Waals surface area contributed by atoms with Gasteiger partial charge in [-0.1, -0.05) is 17.3 Å². The lowest BCUT2D eigenvalue weighted by Gasteiger charge is -2.00. The Morgan fingerprint density at radius 1 is 1.42 bits per heavy atom. The SMILES string of the molecule is O=CC=Cc1cn(Cc2cccc([N+](=O)[O-])c2)nn1. The van der Waals surface area contributed by atoms with Crippen molar-refractivity contribution in [1.82, 2.24) is 15.0 Å². The predicted molar refractivity (Wildman–Crippen MR) is 67.3 cm³/mol. The molecule has 2 rings (SSSR count). The summed E-state index contributed by atoms with van der Waals surface area (Å²) >= 11 is 0. The molecule has 0 bridgehead atoms. The number of allylic oxidation sites excluding steroid dienone is 1. The molecule has 0 fully saturated rings. The Labute approximate surface area is 108 Å². The van der Waals surface area contributed by atoms with E-state index in [-0.39, 0.29) is 5.69 Å². The van der Waals surface area contributed by atoms with Crippen molar-refractivity contribution in [3.8, 4) is 0 Å². The number of nitro groups is 1. The number of nitro benzene ring substituents is 1. The van der Waals surface area contributed by atoms with E-state index in [4.69, 9.17) is 0 Å². The van der Waals surface area contributed by atoms with Gasteiger partial charge in [0, 0.05) is 12.1 Å². The highest BCUT2D eigenvalue weighted by Gasteiger charge is 2.06. The van der Waals surface area contributed by atoms with Crippen molar-refractivity contribution in [2.45, 2.75) is 6.54 Å². The molecule has 1 aromatic carbocycles. The van der Waals surface area contributed by atoms with Crippen LogP contribution < -0.4 is 0 Å². The molecule has 1 heterocycles. The van der Waals surface area contributed by atoms with Crippen LogP contribution in [0.25, 0.3) is 6.08 Å². The minimum absolute atomic E-state index is 0.0405. The molecule has 0 radical (unpaired) electrons. The Bertz CT molecular complexity index is 633. The molecule has 0 spiro atoms. The number of aldehydes is 1. The second-order valence-corrected chi connectivity index (χ2v) is 3.76. The maximum absolute atomic E-state index is 10.7. The lowest BCUT2D eigenvalue weighted by atomic mass is 10.2. The van der Waals surface area contributed by atoms with Crippen LogP contribution in [-0.2, 0) is 11.3 Å². The number of aromatic nitrogens is 3. The standard InChI is InChI=1S/C12H10N4O3/c17-6-2-4-11-9-15(14-13-11)8-10-3-1-5-12(7-10)16(18)19/h1-7,9H,8H2. The van der Waals surface area contributed by atoms with Crippen molar-refractivity contribution in [1.29, 1.82) is 0 Å². The molecule has 0 aliphatic rings. The molecule has 96 valence electrons. The summed E-state index contributed by atoms with van der Waals surface area (Å²) < 4.78 is 1.55. The van der Waals surface area contributed by atoms with E-state index >= 15 is 0 Å². The predicted octanol–water partition coefficient (Wildman–Crippen LogP) is 1.45. The first-order valence-electron chi connectivity index (χ1n) is 5.44. The molecule has 7 heteroatoms. The van der Waals surface area contributed by atoms with Gasteiger partial charge in [0.1, 0.15) is 12.0 Å². The van der Waals surface area contributed by atoms with Gasteiger partial charge in [0.2, 0.25) is 0 Å². The Morgan fingerprint density at radius 2 is 2.26 bits per heavy atom. The van der Waals surface area contributed by atoms with E-state index in [0.717, 1.165) is 5.56 Å². The largest absolute Gasteiger partial charge is 0.299 e. The fourth-order valence-electron chi connectivity index (χ4n) is 1.56. The number of non-ortho nitro benzene ring substituents is 1. The van der Waals surface area contributed by atoms with Gasteiger partial charge in [-0.3, -0.25) is 14.9 Å². The van der Waals surface area contributed by atoms with Crippen molar-refractivity contribution in [3.05, 3.63) is 57.9 Å². The highest BCUT2D eigenvalue weighted by atomic mass is 16.6. The molecule has 1 aromatic heterocycles. The van der Waals surface area contributed by atoms with Gasteiger partial charge in [0.25, 0.3) is 5.69 Å². The van der Waals surface area contributed by atoms with Crippen LogP contribution in [0.1, 0.15) is 11.3 Å². The molecular weight excluding hydrogens is 248 g/mol. The van der Waals surface area contributed by atoms with E-state index in [1.807, 2.05) is 0 Å². The van der Waals surface area contributed by atoms with E-state index in [1.165, 1.54) is 24.3 Å². The Kier molecular flexibility index (Phi) is 3.77. The molecule has 0 aliphatic carbocycles. The Hall–Kier alpha value is -2.83. The van der Waals surface area contributed by atoms with Crippen LogP contribution in [0.15, 0.2) is 36.5 Å². The zero-order chi connectivity index (χ0) is 13.7. The molecule has 0 saturated carbocycles. The molecule has 0 unspecified atom stereocenters. The van der Waals surface area contributed by atoms with Crippen LogP contribution in [0.3, 0.4) is 0 Å². The molecule has 2 aromatic rings. The van der Waals surface area contributed by atoms with Crippen LogP contribution in [0, 0.1) is 10.1 Å². The number of carbonyl (C=O) groups is 1. The number of rotatable bonds is 5. The molecule has 19 heavy (non-hydrogen) atoms. The second-order valence-electron chi connectivity index (χ2n) is 3.76. The van der Waals surface area contributed by atoms with Gasteiger partial charge < -0.3 is 0 Å². The zero-order valence-electron chi connectivity index (χ0n) is 9.84. The van der Waals surface area contributed by atoms with Crippen molar-refractivity contribution in [3.63, 3.8) is 0 Å². The first kappa shape index (κ1) is 12.6. The van der Waals surface area contributed by atoms with Gasteiger partial charge in [0.05, 0.1) is 17.7 Å². The Balaban J connectivity index is 2.14. The summed E-state index contributed by atoms with van der Waals surface area (Å²) in [5, 5.41) is 18.4. The van der Waals surface area contributed by atoms with Gasteiger partial charge in [-0.05, 0) is 17.7 Å². The van der Waals surface area contributed by atoms with Gasteiger partial charge in [-0.2, -0.15) is 0 Å². The molecule has 0 amide bonds.